The van der Waals surface area contributed by atoms with Crippen molar-refractivity contribution in [1.82, 2.24) is 0 Å². The number of hydrogen-bond acceptors (Lipinski definition) is 2. The fraction of sp³-hybridized carbons (Fsp3) is 0.214. The smallest absolute Gasteiger partial charge is 0.256 e. The van der Waals surface area contributed by atoms with Gasteiger partial charge in [0.15, 0.2) is 0 Å². The summed E-state index contributed by atoms with van der Waals surface area (Å²) in [5, 5.41) is 5.23. The number of benzene rings is 1. The summed E-state index contributed by atoms with van der Waals surface area (Å²) in [6.45, 7) is 2.13. The topological polar surface area (TPSA) is 29.1 Å². The molecule has 19 heavy (non-hydrogen) atoms. The number of aryl methyl sites for hydroxylation is 1. The molecule has 1 N–H and O–H groups in total. The largest absolute Gasteiger partial charge is 0.321 e. The summed E-state index contributed by atoms with van der Waals surface area (Å²) >= 11 is 11.0. The first-order chi connectivity index (χ1) is 9.10. The summed E-state index contributed by atoms with van der Waals surface area (Å²) < 4.78 is 0.885. The van der Waals surface area contributed by atoms with E-state index in [4.69, 9.17) is 11.6 Å². The lowest BCUT2D eigenvalue weighted by atomic mass is 10.2. The Balaban J connectivity index is 2.11. The summed E-state index contributed by atoms with van der Waals surface area (Å²) in [5.41, 5.74) is 1.31. The number of amides is 1. The molecular weight excluding hydrogens is 346 g/mol. The second-order valence-corrected chi connectivity index (χ2v) is 6.45. The van der Waals surface area contributed by atoms with Gasteiger partial charge in [0.1, 0.15) is 0 Å². The summed E-state index contributed by atoms with van der Waals surface area (Å²) in [4.78, 5) is 13.3. The molecule has 0 atom stereocenters. The van der Waals surface area contributed by atoms with E-state index in [1.165, 1.54) is 4.88 Å². The van der Waals surface area contributed by atoms with Crippen molar-refractivity contribution in [3.63, 3.8) is 0 Å². The van der Waals surface area contributed by atoms with Gasteiger partial charge in [0.05, 0.1) is 16.3 Å². The molecule has 0 saturated carbocycles. The van der Waals surface area contributed by atoms with Crippen LogP contribution in [0.3, 0.4) is 0 Å². The molecule has 0 aliphatic heterocycles. The van der Waals surface area contributed by atoms with E-state index in [0.717, 1.165) is 17.3 Å². The monoisotopic (exact) mass is 357 g/mol. The molecule has 2 nitrogen and oxygen atoms in total. The Morgan fingerprint density at radius 2 is 2.21 bits per heavy atom. The second kappa shape index (κ2) is 6.55. The number of rotatable bonds is 4. The number of anilines is 1. The maximum atomic E-state index is 12.1. The second-order valence-electron chi connectivity index (χ2n) is 4.13. The molecule has 5 heteroatoms. The van der Waals surface area contributed by atoms with Gasteiger partial charge in [-0.3, -0.25) is 4.79 Å². The quantitative estimate of drug-likeness (QED) is 0.782. The summed E-state index contributed by atoms with van der Waals surface area (Å²) in [6.07, 6.45) is 2.09. The van der Waals surface area contributed by atoms with Gasteiger partial charge in [0.2, 0.25) is 0 Å². The molecule has 0 unspecified atom stereocenters. The zero-order valence-electron chi connectivity index (χ0n) is 10.4. The maximum Gasteiger partial charge on any atom is 0.256 e. The Hall–Kier alpha value is -0.840. The number of halogens is 2. The van der Waals surface area contributed by atoms with E-state index in [2.05, 4.69) is 28.2 Å². The molecule has 0 aliphatic carbocycles. The van der Waals surface area contributed by atoms with Gasteiger partial charge in [-0.15, -0.1) is 11.3 Å². The van der Waals surface area contributed by atoms with Gasteiger partial charge >= 0.3 is 0 Å². The van der Waals surface area contributed by atoms with Crippen molar-refractivity contribution in [2.75, 3.05) is 5.32 Å². The van der Waals surface area contributed by atoms with Gasteiger partial charge in [-0.2, -0.15) is 0 Å². The number of nitrogens with one attached hydrogen (secondary N) is 1. The van der Waals surface area contributed by atoms with E-state index in [9.17, 15) is 4.79 Å². The van der Waals surface area contributed by atoms with Crippen LogP contribution in [0.1, 0.15) is 28.6 Å². The van der Waals surface area contributed by atoms with Crippen LogP contribution < -0.4 is 5.32 Å². The van der Waals surface area contributed by atoms with Gasteiger partial charge in [-0.05, 0) is 30.7 Å². The van der Waals surface area contributed by atoms with Crippen molar-refractivity contribution >= 4 is 50.5 Å². The van der Waals surface area contributed by atoms with Crippen molar-refractivity contribution in [3.05, 3.63) is 49.6 Å². The number of carbonyl (C=O) groups is 1. The molecule has 100 valence electrons. The predicted molar refractivity (Wildman–Crippen MR) is 85.4 cm³/mol. The van der Waals surface area contributed by atoms with Crippen LogP contribution in [0.2, 0.25) is 5.02 Å². The highest BCUT2D eigenvalue weighted by molar-refractivity contribution is 9.10. The van der Waals surface area contributed by atoms with Crippen LogP contribution in [0.25, 0.3) is 0 Å². The average molecular weight is 359 g/mol. The first kappa shape index (κ1) is 14.6. The van der Waals surface area contributed by atoms with Crippen molar-refractivity contribution in [2.45, 2.75) is 19.8 Å². The molecule has 0 aliphatic rings. The fourth-order valence-corrected chi connectivity index (χ4v) is 3.35. The lowest BCUT2D eigenvalue weighted by Gasteiger charge is -2.06. The van der Waals surface area contributed by atoms with Gasteiger partial charge in [-0.25, -0.2) is 0 Å². The first-order valence-electron chi connectivity index (χ1n) is 5.94. The Kier molecular flexibility index (Phi) is 5.02. The third kappa shape index (κ3) is 3.81. The lowest BCUT2D eigenvalue weighted by molar-refractivity contribution is 0.102. The molecule has 0 bridgehead atoms. The molecule has 0 saturated heterocycles. The normalized spacial score (nSPS) is 10.5. The first-order valence-corrected chi connectivity index (χ1v) is 7.99. The molecule has 1 heterocycles. The van der Waals surface area contributed by atoms with Gasteiger partial charge in [0.25, 0.3) is 5.91 Å². The third-order valence-electron chi connectivity index (χ3n) is 2.59. The zero-order chi connectivity index (χ0) is 13.8. The summed E-state index contributed by atoms with van der Waals surface area (Å²) in [6, 6.07) is 7.32. The van der Waals surface area contributed by atoms with Crippen LogP contribution in [0, 0.1) is 0 Å². The van der Waals surface area contributed by atoms with Crippen LogP contribution >= 0.6 is 38.9 Å². The molecule has 1 aromatic carbocycles. The Morgan fingerprint density at radius 1 is 1.42 bits per heavy atom. The fourth-order valence-electron chi connectivity index (χ4n) is 1.66. The van der Waals surface area contributed by atoms with E-state index in [-0.39, 0.29) is 5.91 Å². The number of hydrogen-bond donors (Lipinski definition) is 1. The van der Waals surface area contributed by atoms with Crippen LogP contribution in [0.4, 0.5) is 5.69 Å². The Bertz CT molecular complexity index is 597. The molecular formula is C14H13BrClNOS. The van der Waals surface area contributed by atoms with Crippen LogP contribution in [-0.2, 0) is 6.42 Å². The van der Waals surface area contributed by atoms with Crippen molar-refractivity contribution in [2.24, 2.45) is 0 Å². The molecule has 2 rings (SSSR count). The van der Waals surface area contributed by atoms with Crippen LogP contribution in [-0.4, -0.2) is 5.91 Å². The van der Waals surface area contributed by atoms with Gasteiger partial charge < -0.3 is 5.32 Å². The van der Waals surface area contributed by atoms with Crippen molar-refractivity contribution in [1.29, 1.82) is 0 Å². The minimum atomic E-state index is -0.122. The molecule has 1 amide bonds. The van der Waals surface area contributed by atoms with E-state index < -0.39 is 0 Å². The van der Waals surface area contributed by atoms with E-state index >= 15 is 0 Å². The number of thiophene rings is 1. The molecule has 1 aromatic heterocycles. The summed E-state index contributed by atoms with van der Waals surface area (Å²) in [7, 11) is 0. The highest BCUT2D eigenvalue weighted by Gasteiger charge is 2.10. The summed E-state index contributed by atoms with van der Waals surface area (Å²) in [5.74, 6) is -0.122. The predicted octanol–water partition coefficient (Wildman–Crippen LogP) is 5.37. The van der Waals surface area contributed by atoms with Crippen LogP contribution in [0.15, 0.2) is 34.1 Å². The standard InChI is InChI=1S/C14H13BrClNOS/c1-2-3-11-6-9(8-19-11)14(18)17-13-5-4-10(15)7-12(13)16/h4-8H,2-3H2,1H3,(H,17,18). The lowest BCUT2D eigenvalue weighted by Crippen LogP contribution is -2.11. The van der Waals surface area contributed by atoms with Crippen LogP contribution in [0.5, 0.6) is 0 Å². The zero-order valence-corrected chi connectivity index (χ0v) is 13.5. The van der Waals surface area contributed by atoms with Crippen molar-refractivity contribution < 1.29 is 4.79 Å². The minimum absolute atomic E-state index is 0.122. The minimum Gasteiger partial charge on any atom is -0.321 e. The number of carbonyl (C=O) groups excluding carboxylic acids is 1. The Morgan fingerprint density at radius 3 is 2.89 bits per heavy atom. The van der Waals surface area contributed by atoms with Crippen molar-refractivity contribution in [3.8, 4) is 0 Å². The maximum absolute atomic E-state index is 12.1. The molecule has 2 aromatic rings. The third-order valence-corrected chi connectivity index (χ3v) is 4.39. The highest BCUT2D eigenvalue weighted by Crippen LogP contribution is 2.26. The SMILES string of the molecule is CCCc1cc(C(=O)Nc2ccc(Br)cc2Cl)cs1. The molecule has 0 radical (unpaired) electrons. The van der Waals surface area contributed by atoms with E-state index in [1.807, 2.05) is 17.5 Å². The van der Waals surface area contributed by atoms with E-state index in [0.29, 0.717) is 16.3 Å². The average Bonchev–Trinajstić information content (AvgIpc) is 2.82. The highest BCUT2D eigenvalue weighted by atomic mass is 79.9. The van der Waals surface area contributed by atoms with Gasteiger partial charge in [-0.1, -0.05) is 40.9 Å². The molecule has 0 fully saturated rings. The molecule has 0 spiro atoms. The van der Waals surface area contributed by atoms with Gasteiger partial charge in [0, 0.05) is 14.7 Å². The van der Waals surface area contributed by atoms with E-state index in [1.54, 1.807) is 23.5 Å². The Labute approximate surface area is 129 Å².